The molecule has 0 aliphatic heterocycles. The summed E-state index contributed by atoms with van der Waals surface area (Å²) in [7, 11) is 0. The molecule has 0 fully saturated rings. The van der Waals surface area contributed by atoms with Crippen LogP contribution in [0.1, 0.15) is 18.1 Å². The molecule has 1 aromatic carbocycles. The minimum Gasteiger partial charge on any atom is -0.481 e. The number of carboxylic acid groups (broad SMARTS) is 1. The lowest BCUT2D eigenvalue weighted by Crippen LogP contribution is -2.12. The number of carboxylic acids is 1. The number of hydrogen-bond acceptors (Lipinski definition) is 4. The number of nitrogens with zero attached hydrogens (tertiary/aromatic N) is 2. The van der Waals surface area contributed by atoms with E-state index in [1.165, 1.54) is 6.07 Å². The number of hydrogen-bond donors (Lipinski definition) is 1. The maximum atomic E-state index is 13.9. The highest BCUT2D eigenvalue weighted by molar-refractivity contribution is 7.99. The van der Waals surface area contributed by atoms with Crippen LogP contribution in [0, 0.1) is 11.3 Å². The van der Waals surface area contributed by atoms with Gasteiger partial charge in [0.15, 0.2) is 0 Å². The van der Waals surface area contributed by atoms with Crippen LogP contribution >= 0.6 is 11.8 Å². The number of aliphatic carboxylic acids is 1. The van der Waals surface area contributed by atoms with Crippen molar-refractivity contribution in [3.63, 3.8) is 0 Å². The lowest BCUT2D eigenvalue weighted by molar-refractivity contribution is -0.133. The molecule has 0 amide bonds. The minimum absolute atomic E-state index is 0.00669. The van der Waals surface area contributed by atoms with Gasteiger partial charge in [-0.3, -0.25) is 4.79 Å². The molecule has 0 unspecified atom stereocenters. The second-order valence-corrected chi connectivity index (χ2v) is 5.75. The highest BCUT2D eigenvalue weighted by Gasteiger charge is 2.31. The van der Waals surface area contributed by atoms with Crippen molar-refractivity contribution < 1.29 is 18.7 Å². The average Bonchev–Trinajstić information content (AvgIpc) is 2.51. The summed E-state index contributed by atoms with van der Waals surface area (Å²) in [6.45, 7) is 0.698. The number of thioether (sulfide) groups is 1. The summed E-state index contributed by atoms with van der Waals surface area (Å²) in [5.41, 5.74) is 0.138. The standard InChI is InChI=1S/C16H12F2N2O2S/c1-16(17,18)12-7-13(10-5-3-2-4-6-10)20-15(11(12)8-19)23-9-14(21)22/h2-7H,9H2,1H3,(H,21,22). The summed E-state index contributed by atoms with van der Waals surface area (Å²) in [6.07, 6.45) is 0. The molecule has 23 heavy (non-hydrogen) atoms. The number of alkyl halides is 2. The number of pyridine rings is 1. The fourth-order valence-corrected chi connectivity index (χ4v) is 2.69. The first-order valence-electron chi connectivity index (χ1n) is 6.56. The number of carbonyl (C=O) groups is 1. The van der Waals surface area contributed by atoms with E-state index >= 15 is 0 Å². The van der Waals surface area contributed by atoms with Crippen LogP contribution in [0.15, 0.2) is 41.4 Å². The molecule has 118 valence electrons. The normalized spacial score (nSPS) is 11.0. The number of rotatable bonds is 5. The Labute approximate surface area is 135 Å². The van der Waals surface area contributed by atoms with E-state index in [9.17, 15) is 18.8 Å². The van der Waals surface area contributed by atoms with E-state index in [2.05, 4.69) is 4.98 Å². The number of halogens is 2. The van der Waals surface area contributed by atoms with Gasteiger partial charge < -0.3 is 5.11 Å². The van der Waals surface area contributed by atoms with Crippen molar-refractivity contribution in [2.45, 2.75) is 17.9 Å². The van der Waals surface area contributed by atoms with Crippen LogP contribution in [0.2, 0.25) is 0 Å². The van der Waals surface area contributed by atoms with Crippen LogP contribution in [0.5, 0.6) is 0 Å². The summed E-state index contributed by atoms with van der Waals surface area (Å²) in [4.78, 5) is 14.9. The number of benzene rings is 1. The van der Waals surface area contributed by atoms with E-state index < -0.39 is 17.5 Å². The Balaban J connectivity index is 2.64. The Kier molecular flexibility index (Phi) is 4.96. The van der Waals surface area contributed by atoms with Gasteiger partial charge in [0.05, 0.1) is 17.0 Å². The lowest BCUT2D eigenvalue weighted by Gasteiger charge is -2.16. The Morgan fingerprint density at radius 2 is 2.04 bits per heavy atom. The second-order valence-electron chi connectivity index (χ2n) is 4.78. The van der Waals surface area contributed by atoms with Crippen molar-refractivity contribution in [3.8, 4) is 17.3 Å². The summed E-state index contributed by atoms with van der Waals surface area (Å²) in [5.74, 6) is -4.72. The Bertz CT molecular complexity index is 768. The van der Waals surface area contributed by atoms with Crippen molar-refractivity contribution >= 4 is 17.7 Å². The van der Waals surface area contributed by atoms with Gasteiger partial charge in [-0.25, -0.2) is 13.8 Å². The maximum Gasteiger partial charge on any atom is 0.313 e. The molecule has 0 spiro atoms. The zero-order chi connectivity index (χ0) is 17.0. The largest absolute Gasteiger partial charge is 0.481 e. The second kappa shape index (κ2) is 6.75. The fraction of sp³-hybridized carbons (Fsp3) is 0.188. The molecule has 4 nitrogen and oxygen atoms in total. The monoisotopic (exact) mass is 334 g/mol. The molecular formula is C16H12F2N2O2S. The predicted octanol–water partition coefficient (Wildman–Crippen LogP) is 3.91. The van der Waals surface area contributed by atoms with Crippen molar-refractivity contribution in [1.82, 2.24) is 4.98 Å². The predicted molar refractivity (Wildman–Crippen MR) is 82.3 cm³/mol. The highest BCUT2D eigenvalue weighted by atomic mass is 32.2. The van der Waals surface area contributed by atoms with Crippen LogP contribution in [-0.4, -0.2) is 21.8 Å². The third-order valence-electron chi connectivity index (χ3n) is 2.97. The quantitative estimate of drug-likeness (QED) is 0.839. The van der Waals surface area contributed by atoms with Gasteiger partial charge in [-0.2, -0.15) is 5.26 Å². The summed E-state index contributed by atoms with van der Waals surface area (Å²) in [6, 6.07) is 11.6. The zero-order valence-corrected chi connectivity index (χ0v) is 12.9. The maximum absolute atomic E-state index is 13.9. The topological polar surface area (TPSA) is 74.0 Å². The average molecular weight is 334 g/mol. The smallest absolute Gasteiger partial charge is 0.313 e. The summed E-state index contributed by atoms with van der Waals surface area (Å²) < 4.78 is 27.7. The highest BCUT2D eigenvalue weighted by Crippen LogP contribution is 2.36. The molecule has 1 N–H and O–H groups in total. The molecule has 2 aromatic rings. The Morgan fingerprint density at radius 3 is 2.57 bits per heavy atom. The molecule has 0 aliphatic rings. The molecule has 0 atom stereocenters. The first-order chi connectivity index (χ1) is 10.8. The molecule has 0 saturated carbocycles. The van der Waals surface area contributed by atoms with Crippen LogP contribution in [0.4, 0.5) is 8.78 Å². The van der Waals surface area contributed by atoms with Gasteiger partial charge >= 0.3 is 5.97 Å². The van der Waals surface area contributed by atoms with Crippen molar-refractivity contribution in [1.29, 1.82) is 5.26 Å². The summed E-state index contributed by atoms with van der Waals surface area (Å²) >= 11 is 0.752. The molecule has 0 bridgehead atoms. The van der Waals surface area contributed by atoms with Crippen LogP contribution < -0.4 is 0 Å². The van der Waals surface area contributed by atoms with E-state index in [0.29, 0.717) is 12.5 Å². The van der Waals surface area contributed by atoms with E-state index in [-0.39, 0.29) is 22.0 Å². The van der Waals surface area contributed by atoms with Gasteiger partial charge in [0.2, 0.25) is 0 Å². The van der Waals surface area contributed by atoms with Gasteiger partial charge in [-0.15, -0.1) is 0 Å². The fourth-order valence-electron chi connectivity index (χ4n) is 1.97. The zero-order valence-electron chi connectivity index (χ0n) is 12.1. The first kappa shape index (κ1) is 16.9. The van der Waals surface area contributed by atoms with Gasteiger partial charge in [-0.1, -0.05) is 42.1 Å². The molecule has 0 radical (unpaired) electrons. The van der Waals surface area contributed by atoms with Crippen molar-refractivity contribution in [2.75, 3.05) is 5.75 Å². The molecule has 7 heteroatoms. The minimum atomic E-state index is -3.24. The van der Waals surface area contributed by atoms with Crippen LogP contribution in [0.25, 0.3) is 11.3 Å². The van der Waals surface area contributed by atoms with E-state index in [0.717, 1.165) is 11.8 Å². The number of nitriles is 1. The van der Waals surface area contributed by atoms with Crippen LogP contribution in [0.3, 0.4) is 0 Å². The Morgan fingerprint density at radius 1 is 1.39 bits per heavy atom. The van der Waals surface area contributed by atoms with Crippen molar-refractivity contribution in [2.24, 2.45) is 0 Å². The van der Waals surface area contributed by atoms with E-state index in [1.807, 2.05) is 0 Å². The van der Waals surface area contributed by atoms with E-state index in [1.54, 1.807) is 36.4 Å². The molecule has 1 aromatic heterocycles. The van der Waals surface area contributed by atoms with Gasteiger partial charge in [0.25, 0.3) is 5.92 Å². The van der Waals surface area contributed by atoms with Gasteiger partial charge in [0, 0.05) is 18.1 Å². The van der Waals surface area contributed by atoms with E-state index in [4.69, 9.17) is 5.11 Å². The third-order valence-corrected chi connectivity index (χ3v) is 3.93. The lowest BCUT2D eigenvalue weighted by atomic mass is 10.0. The first-order valence-corrected chi connectivity index (χ1v) is 7.55. The third kappa shape index (κ3) is 4.05. The van der Waals surface area contributed by atoms with Crippen molar-refractivity contribution in [3.05, 3.63) is 47.5 Å². The molecule has 2 rings (SSSR count). The van der Waals surface area contributed by atoms with Gasteiger partial charge in [0.1, 0.15) is 11.1 Å². The summed E-state index contributed by atoms with van der Waals surface area (Å²) in [5, 5.41) is 18.0. The SMILES string of the molecule is CC(F)(F)c1cc(-c2ccccc2)nc(SCC(=O)O)c1C#N. The molecular weight excluding hydrogens is 322 g/mol. The van der Waals surface area contributed by atoms with Crippen LogP contribution in [-0.2, 0) is 10.7 Å². The van der Waals surface area contributed by atoms with Gasteiger partial charge in [-0.05, 0) is 6.07 Å². The molecule has 0 saturated heterocycles. The Hall–Kier alpha value is -2.46. The number of aromatic nitrogens is 1. The molecule has 0 aliphatic carbocycles. The molecule has 1 heterocycles.